The highest BCUT2D eigenvalue weighted by molar-refractivity contribution is 14.1. The van der Waals surface area contributed by atoms with Gasteiger partial charge in [-0.05, 0) is 53.6 Å². The van der Waals surface area contributed by atoms with E-state index in [2.05, 4.69) is 27.6 Å². The van der Waals surface area contributed by atoms with Crippen LogP contribution in [0, 0.1) is 3.57 Å². The molecule has 0 radical (unpaired) electrons. The molecule has 0 amide bonds. The summed E-state index contributed by atoms with van der Waals surface area (Å²) in [6, 6.07) is 10.3. The maximum absolute atomic E-state index is 12.9. The topological polar surface area (TPSA) is 52.0 Å². The molecule has 4 rings (SSSR count). The van der Waals surface area contributed by atoms with Crippen molar-refractivity contribution in [3.63, 3.8) is 0 Å². The smallest absolute Gasteiger partial charge is 0.260 e. The third kappa shape index (κ3) is 2.16. The first kappa shape index (κ1) is 14.2. The Balaban J connectivity index is 1.99. The largest absolute Gasteiger partial charge is 0.268 e. The SMILES string of the molecule is O=S(=O)(c1ccccc1)n1cc(I)c2c(C3CC3)nccc21. The van der Waals surface area contributed by atoms with Crippen LogP contribution in [-0.2, 0) is 10.0 Å². The first-order valence-electron chi connectivity index (χ1n) is 7.05. The molecule has 1 saturated carbocycles. The summed E-state index contributed by atoms with van der Waals surface area (Å²) >= 11 is 2.20. The molecule has 112 valence electrons. The van der Waals surface area contributed by atoms with E-state index < -0.39 is 10.0 Å². The van der Waals surface area contributed by atoms with E-state index in [4.69, 9.17) is 0 Å². The van der Waals surface area contributed by atoms with Gasteiger partial charge >= 0.3 is 0 Å². The van der Waals surface area contributed by atoms with E-state index >= 15 is 0 Å². The van der Waals surface area contributed by atoms with Gasteiger partial charge in [-0.25, -0.2) is 12.4 Å². The van der Waals surface area contributed by atoms with E-state index in [0.29, 0.717) is 16.3 Å². The Morgan fingerprint density at radius 2 is 1.86 bits per heavy atom. The van der Waals surface area contributed by atoms with Crippen molar-refractivity contribution in [2.75, 3.05) is 0 Å². The summed E-state index contributed by atoms with van der Waals surface area (Å²) in [6.07, 6.45) is 5.68. The Kier molecular flexibility index (Phi) is 3.26. The number of benzene rings is 1. The number of halogens is 1. The molecule has 1 aliphatic rings. The lowest BCUT2D eigenvalue weighted by atomic mass is 10.2. The maximum Gasteiger partial charge on any atom is 0.268 e. The molecule has 3 aromatic rings. The zero-order valence-electron chi connectivity index (χ0n) is 11.6. The molecular formula is C16H13IN2O2S. The van der Waals surface area contributed by atoms with Crippen molar-refractivity contribution in [1.82, 2.24) is 8.96 Å². The van der Waals surface area contributed by atoms with Crippen molar-refractivity contribution < 1.29 is 8.42 Å². The summed E-state index contributed by atoms with van der Waals surface area (Å²) in [5.41, 5.74) is 1.74. The third-order valence-corrected chi connectivity index (χ3v) is 6.44. The van der Waals surface area contributed by atoms with Crippen LogP contribution in [0.5, 0.6) is 0 Å². The zero-order valence-corrected chi connectivity index (χ0v) is 14.6. The summed E-state index contributed by atoms with van der Waals surface area (Å²) in [7, 11) is -3.58. The van der Waals surface area contributed by atoms with Crippen molar-refractivity contribution in [2.24, 2.45) is 0 Å². The van der Waals surface area contributed by atoms with Gasteiger partial charge in [0.1, 0.15) is 0 Å². The Hall–Kier alpha value is -1.41. The van der Waals surface area contributed by atoms with Gasteiger partial charge in [-0.2, -0.15) is 0 Å². The van der Waals surface area contributed by atoms with Crippen molar-refractivity contribution in [3.05, 3.63) is 58.1 Å². The molecule has 4 nitrogen and oxygen atoms in total. The normalized spacial score (nSPS) is 15.3. The maximum atomic E-state index is 12.9. The van der Waals surface area contributed by atoms with Gasteiger partial charge in [0.2, 0.25) is 0 Å². The fourth-order valence-corrected chi connectivity index (χ4v) is 5.11. The van der Waals surface area contributed by atoms with Crippen molar-refractivity contribution >= 4 is 43.5 Å². The van der Waals surface area contributed by atoms with E-state index in [1.807, 2.05) is 6.07 Å². The van der Waals surface area contributed by atoms with Gasteiger partial charge in [0, 0.05) is 27.3 Å². The van der Waals surface area contributed by atoms with Crippen LogP contribution in [-0.4, -0.2) is 17.4 Å². The highest BCUT2D eigenvalue weighted by atomic mass is 127. The fourth-order valence-electron chi connectivity index (χ4n) is 2.70. The highest BCUT2D eigenvalue weighted by Gasteiger charge is 2.30. The zero-order chi connectivity index (χ0) is 15.3. The Morgan fingerprint density at radius 1 is 1.14 bits per heavy atom. The number of fused-ring (bicyclic) bond motifs is 1. The van der Waals surface area contributed by atoms with E-state index in [-0.39, 0.29) is 0 Å². The number of nitrogens with zero attached hydrogens (tertiary/aromatic N) is 2. The molecular weight excluding hydrogens is 411 g/mol. The van der Waals surface area contributed by atoms with E-state index in [0.717, 1.165) is 27.5 Å². The van der Waals surface area contributed by atoms with Gasteiger partial charge in [0.25, 0.3) is 10.0 Å². The average molecular weight is 424 g/mol. The summed E-state index contributed by atoms with van der Waals surface area (Å²) in [5, 5.41) is 0.977. The standard InChI is InChI=1S/C16H13IN2O2S/c17-13-10-19(22(20,21)12-4-2-1-3-5-12)14-8-9-18-16(15(13)14)11-6-7-11/h1-5,8-11H,6-7H2. The quantitative estimate of drug-likeness (QED) is 0.602. The summed E-state index contributed by atoms with van der Waals surface area (Å²) in [6.45, 7) is 0. The van der Waals surface area contributed by atoms with Gasteiger partial charge in [-0.3, -0.25) is 4.98 Å². The number of hydrogen-bond donors (Lipinski definition) is 0. The minimum absolute atomic E-state index is 0.299. The molecule has 0 N–H and O–H groups in total. The number of rotatable bonds is 3. The van der Waals surface area contributed by atoms with Crippen molar-refractivity contribution in [3.8, 4) is 0 Å². The summed E-state index contributed by atoms with van der Waals surface area (Å²) < 4.78 is 28.1. The lowest BCUT2D eigenvalue weighted by Crippen LogP contribution is -2.11. The van der Waals surface area contributed by atoms with E-state index in [9.17, 15) is 8.42 Å². The van der Waals surface area contributed by atoms with Crippen LogP contribution >= 0.6 is 22.6 Å². The molecule has 2 aromatic heterocycles. The van der Waals surface area contributed by atoms with Gasteiger partial charge in [0.05, 0.1) is 16.1 Å². The molecule has 0 bridgehead atoms. The molecule has 22 heavy (non-hydrogen) atoms. The van der Waals surface area contributed by atoms with Crippen LogP contribution in [0.2, 0.25) is 0 Å². The fraction of sp³-hybridized carbons (Fsp3) is 0.188. The highest BCUT2D eigenvalue weighted by Crippen LogP contribution is 2.43. The molecule has 1 fully saturated rings. The van der Waals surface area contributed by atoms with Crippen LogP contribution in [0.1, 0.15) is 24.5 Å². The molecule has 0 saturated heterocycles. The van der Waals surface area contributed by atoms with Crippen LogP contribution < -0.4 is 0 Å². The summed E-state index contributed by atoms with van der Waals surface area (Å²) in [4.78, 5) is 4.78. The number of aromatic nitrogens is 2. The van der Waals surface area contributed by atoms with Gasteiger partial charge < -0.3 is 0 Å². The van der Waals surface area contributed by atoms with E-state index in [1.54, 1.807) is 42.7 Å². The van der Waals surface area contributed by atoms with E-state index in [1.165, 1.54) is 3.97 Å². The molecule has 0 spiro atoms. The minimum atomic E-state index is -3.58. The van der Waals surface area contributed by atoms with Crippen LogP contribution in [0.25, 0.3) is 10.9 Å². The average Bonchev–Trinajstić information content (AvgIpc) is 3.32. The Bertz CT molecular complexity index is 960. The van der Waals surface area contributed by atoms with Crippen molar-refractivity contribution in [1.29, 1.82) is 0 Å². The Labute approximate surface area is 142 Å². The second-order valence-electron chi connectivity index (χ2n) is 5.46. The molecule has 0 atom stereocenters. The van der Waals surface area contributed by atoms with Gasteiger partial charge in [-0.15, -0.1) is 0 Å². The van der Waals surface area contributed by atoms with Crippen LogP contribution in [0.3, 0.4) is 0 Å². The Morgan fingerprint density at radius 3 is 2.55 bits per heavy atom. The second-order valence-corrected chi connectivity index (χ2v) is 8.43. The third-order valence-electron chi connectivity index (χ3n) is 3.93. The lowest BCUT2D eigenvalue weighted by Gasteiger charge is -2.08. The molecule has 0 unspecified atom stereocenters. The summed E-state index contributed by atoms with van der Waals surface area (Å²) in [5.74, 6) is 0.479. The predicted molar refractivity (Wildman–Crippen MR) is 93.5 cm³/mol. The first-order valence-corrected chi connectivity index (χ1v) is 9.57. The second kappa shape index (κ2) is 5.06. The lowest BCUT2D eigenvalue weighted by molar-refractivity contribution is 0.589. The number of pyridine rings is 1. The molecule has 1 aromatic carbocycles. The molecule has 6 heteroatoms. The van der Waals surface area contributed by atoms with Crippen LogP contribution in [0.4, 0.5) is 0 Å². The predicted octanol–water partition coefficient (Wildman–Crippen LogP) is 3.76. The van der Waals surface area contributed by atoms with Gasteiger partial charge in [-0.1, -0.05) is 18.2 Å². The number of hydrogen-bond acceptors (Lipinski definition) is 3. The molecule has 2 heterocycles. The van der Waals surface area contributed by atoms with Crippen LogP contribution in [0.15, 0.2) is 53.7 Å². The monoisotopic (exact) mass is 424 g/mol. The minimum Gasteiger partial charge on any atom is -0.260 e. The van der Waals surface area contributed by atoms with Gasteiger partial charge in [0.15, 0.2) is 0 Å². The molecule has 1 aliphatic carbocycles. The first-order chi connectivity index (χ1) is 10.6. The van der Waals surface area contributed by atoms with Crippen molar-refractivity contribution in [2.45, 2.75) is 23.7 Å². The molecule has 0 aliphatic heterocycles.